The third-order valence-corrected chi connectivity index (χ3v) is 6.01. The first-order valence-corrected chi connectivity index (χ1v) is 10.4. The van der Waals surface area contributed by atoms with Crippen LogP contribution in [0.15, 0.2) is 30.9 Å². The van der Waals surface area contributed by atoms with Gasteiger partial charge in [-0.1, -0.05) is 12.8 Å². The number of likely N-dealkylation sites (tertiary alicyclic amines) is 1. The lowest BCUT2D eigenvalue weighted by Gasteiger charge is -2.32. The maximum absolute atomic E-state index is 12.9. The van der Waals surface area contributed by atoms with E-state index in [0.29, 0.717) is 29.4 Å². The summed E-state index contributed by atoms with van der Waals surface area (Å²) in [5, 5.41) is 3.10. The summed E-state index contributed by atoms with van der Waals surface area (Å²) in [6.07, 6.45) is 11.1. The van der Waals surface area contributed by atoms with E-state index >= 15 is 0 Å². The van der Waals surface area contributed by atoms with Crippen molar-refractivity contribution in [3.63, 3.8) is 0 Å². The molecule has 2 amide bonds. The Kier molecular flexibility index (Phi) is 5.83. The van der Waals surface area contributed by atoms with E-state index in [-0.39, 0.29) is 17.7 Å². The molecular formula is C22H27N5O2. The number of hydrogen-bond donors (Lipinski definition) is 1. The monoisotopic (exact) mass is 393 g/mol. The average molecular weight is 393 g/mol. The van der Waals surface area contributed by atoms with Crippen LogP contribution in [0.25, 0.3) is 0 Å². The second-order valence-corrected chi connectivity index (χ2v) is 8.04. The minimum Gasteiger partial charge on any atom is -0.349 e. The molecule has 2 aliphatic rings. The van der Waals surface area contributed by atoms with Crippen molar-refractivity contribution >= 4 is 11.8 Å². The lowest BCUT2D eigenvalue weighted by molar-refractivity contribution is 0.0704. The maximum Gasteiger partial charge on any atom is 0.257 e. The Bertz CT molecular complexity index is 877. The third-order valence-electron chi connectivity index (χ3n) is 6.01. The molecule has 1 saturated heterocycles. The molecule has 1 aliphatic heterocycles. The number of carbonyl (C=O) groups excluding carboxylic acids is 2. The first kappa shape index (κ1) is 19.5. The topological polar surface area (TPSA) is 88.1 Å². The fourth-order valence-corrected chi connectivity index (χ4v) is 4.29. The quantitative estimate of drug-likeness (QED) is 0.863. The van der Waals surface area contributed by atoms with Gasteiger partial charge in [-0.05, 0) is 44.7 Å². The van der Waals surface area contributed by atoms with Crippen LogP contribution in [0, 0.1) is 6.92 Å². The third kappa shape index (κ3) is 4.44. The second-order valence-electron chi connectivity index (χ2n) is 8.04. The minimum absolute atomic E-state index is 0.0274. The summed E-state index contributed by atoms with van der Waals surface area (Å²) in [6.45, 7) is 3.17. The van der Waals surface area contributed by atoms with E-state index in [2.05, 4.69) is 20.3 Å². The fourth-order valence-electron chi connectivity index (χ4n) is 4.29. The van der Waals surface area contributed by atoms with Gasteiger partial charge < -0.3 is 10.2 Å². The summed E-state index contributed by atoms with van der Waals surface area (Å²) in [5.74, 6) is 0.0980. The zero-order valence-corrected chi connectivity index (χ0v) is 16.8. The molecular weight excluding hydrogens is 366 g/mol. The van der Waals surface area contributed by atoms with Crippen LogP contribution in [-0.4, -0.2) is 50.8 Å². The number of rotatable bonds is 4. The zero-order chi connectivity index (χ0) is 20.2. The van der Waals surface area contributed by atoms with Crippen molar-refractivity contribution < 1.29 is 9.59 Å². The Balaban J connectivity index is 1.41. The molecule has 2 aromatic rings. The molecule has 1 unspecified atom stereocenters. The SMILES string of the molecule is Cc1ncncc1C(=O)N1CCCC(c2ccc(C(=O)NC3CCCC3)cn2)C1. The largest absolute Gasteiger partial charge is 0.349 e. The van der Waals surface area contributed by atoms with E-state index in [1.54, 1.807) is 12.4 Å². The summed E-state index contributed by atoms with van der Waals surface area (Å²) in [4.78, 5) is 39.8. The highest BCUT2D eigenvalue weighted by Crippen LogP contribution is 2.27. The van der Waals surface area contributed by atoms with E-state index in [1.807, 2.05) is 24.0 Å². The molecule has 2 aromatic heterocycles. The van der Waals surface area contributed by atoms with Crippen molar-refractivity contribution in [1.29, 1.82) is 0 Å². The number of piperidine rings is 1. The Morgan fingerprint density at radius 1 is 1.07 bits per heavy atom. The molecule has 0 spiro atoms. The molecule has 0 bridgehead atoms. The van der Waals surface area contributed by atoms with Crippen LogP contribution >= 0.6 is 0 Å². The molecule has 2 fully saturated rings. The van der Waals surface area contributed by atoms with Crippen molar-refractivity contribution in [2.24, 2.45) is 0 Å². The van der Waals surface area contributed by atoms with Crippen LogP contribution in [0.2, 0.25) is 0 Å². The molecule has 0 aromatic carbocycles. The zero-order valence-electron chi connectivity index (χ0n) is 16.8. The van der Waals surface area contributed by atoms with Gasteiger partial charge in [0, 0.05) is 43.1 Å². The highest BCUT2D eigenvalue weighted by Gasteiger charge is 2.27. The summed E-state index contributed by atoms with van der Waals surface area (Å²) >= 11 is 0. The van der Waals surface area contributed by atoms with E-state index in [9.17, 15) is 9.59 Å². The molecule has 29 heavy (non-hydrogen) atoms. The lowest BCUT2D eigenvalue weighted by Crippen LogP contribution is -2.39. The standard InChI is InChI=1S/C22H27N5O2/c1-15-19(12-23-14-25-15)22(29)27-10-4-5-17(13-27)20-9-8-16(11-24-20)21(28)26-18-6-2-3-7-18/h8-9,11-12,14,17-18H,2-7,10,13H2,1H3,(H,26,28). The molecule has 1 aliphatic carbocycles. The number of aromatic nitrogens is 3. The van der Waals surface area contributed by atoms with Gasteiger partial charge in [0.15, 0.2) is 0 Å². The van der Waals surface area contributed by atoms with E-state index in [1.165, 1.54) is 19.2 Å². The van der Waals surface area contributed by atoms with Gasteiger partial charge in [0.2, 0.25) is 0 Å². The summed E-state index contributed by atoms with van der Waals surface area (Å²) in [7, 11) is 0. The van der Waals surface area contributed by atoms with Crippen LogP contribution in [0.3, 0.4) is 0 Å². The number of amides is 2. The van der Waals surface area contributed by atoms with E-state index in [0.717, 1.165) is 37.9 Å². The van der Waals surface area contributed by atoms with Crippen LogP contribution < -0.4 is 5.32 Å². The number of nitrogens with zero attached hydrogens (tertiary/aromatic N) is 4. The molecule has 7 nitrogen and oxygen atoms in total. The molecule has 1 saturated carbocycles. The van der Waals surface area contributed by atoms with Crippen molar-refractivity contribution in [3.05, 3.63) is 53.4 Å². The minimum atomic E-state index is -0.0454. The normalized spacial score (nSPS) is 19.9. The molecule has 7 heteroatoms. The Hall–Kier alpha value is -2.83. The molecule has 4 rings (SSSR count). The smallest absolute Gasteiger partial charge is 0.257 e. The van der Waals surface area contributed by atoms with Gasteiger partial charge in [-0.25, -0.2) is 9.97 Å². The predicted molar refractivity (Wildman–Crippen MR) is 109 cm³/mol. The van der Waals surface area contributed by atoms with Crippen molar-refractivity contribution in [2.75, 3.05) is 13.1 Å². The fraction of sp³-hybridized carbons (Fsp3) is 0.500. The van der Waals surface area contributed by atoms with Gasteiger partial charge in [0.25, 0.3) is 11.8 Å². The molecule has 152 valence electrons. The van der Waals surface area contributed by atoms with Gasteiger partial charge in [-0.15, -0.1) is 0 Å². The predicted octanol–water partition coefficient (Wildman–Crippen LogP) is 2.87. The number of carbonyl (C=O) groups is 2. The van der Waals surface area contributed by atoms with Gasteiger partial charge in [-0.2, -0.15) is 0 Å². The molecule has 1 atom stereocenters. The first-order chi connectivity index (χ1) is 14.1. The first-order valence-electron chi connectivity index (χ1n) is 10.4. The number of hydrogen-bond acceptors (Lipinski definition) is 5. The van der Waals surface area contributed by atoms with Crippen LogP contribution in [0.5, 0.6) is 0 Å². The summed E-state index contributed by atoms with van der Waals surface area (Å²) in [5.41, 5.74) is 2.78. The Labute approximate surface area is 171 Å². The lowest BCUT2D eigenvalue weighted by atomic mass is 9.93. The van der Waals surface area contributed by atoms with E-state index in [4.69, 9.17) is 0 Å². The van der Waals surface area contributed by atoms with Gasteiger partial charge in [0.05, 0.1) is 16.8 Å². The molecule has 1 N–H and O–H groups in total. The summed E-state index contributed by atoms with van der Waals surface area (Å²) in [6, 6.07) is 4.08. The van der Waals surface area contributed by atoms with Gasteiger partial charge in [-0.3, -0.25) is 14.6 Å². The van der Waals surface area contributed by atoms with Crippen LogP contribution in [-0.2, 0) is 0 Å². The Morgan fingerprint density at radius 2 is 1.90 bits per heavy atom. The second kappa shape index (κ2) is 8.68. The Morgan fingerprint density at radius 3 is 2.62 bits per heavy atom. The molecule has 3 heterocycles. The van der Waals surface area contributed by atoms with E-state index < -0.39 is 0 Å². The maximum atomic E-state index is 12.9. The van der Waals surface area contributed by atoms with Crippen LogP contribution in [0.1, 0.15) is 76.5 Å². The highest BCUT2D eigenvalue weighted by atomic mass is 16.2. The van der Waals surface area contributed by atoms with Crippen molar-refractivity contribution in [1.82, 2.24) is 25.2 Å². The van der Waals surface area contributed by atoms with Crippen molar-refractivity contribution in [3.8, 4) is 0 Å². The van der Waals surface area contributed by atoms with Crippen molar-refractivity contribution in [2.45, 2.75) is 57.4 Å². The number of aryl methyl sites for hydroxylation is 1. The number of nitrogens with one attached hydrogen (secondary N) is 1. The van der Waals surface area contributed by atoms with Crippen LogP contribution in [0.4, 0.5) is 0 Å². The van der Waals surface area contributed by atoms with Gasteiger partial charge in [0.1, 0.15) is 6.33 Å². The summed E-state index contributed by atoms with van der Waals surface area (Å²) < 4.78 is 0. The highest BCUT2D eigenvalue weighted by molar-refractivity contribution is 5.95. The molecule has 0 radical (unpaired) electrons. The van der Waals surface area contributed by atoms with Gasteiger partial charge >= 0.3 is 0 Å². The number of pyridine rings is 1. The average Bonchev–Trinajstić information content (AvgIpc) is 3.27.